The summed E-state index contributed by atoms with van der Waals surface area (Å²) in [5.41, 5.74) is -1.25. The van der Waals surface area contributed by atoms with E-state index >= 15 is 0 Å². The number of hydrogen-bond acceptors (Lipinski definition) is 7. The predicted octanol–water partition coefficient (Wildman–Crippen LogP) is 2.26. The van der Waals surface area contributed by atoms with Crippen molar-refractivity contribution < 1.29 is 21.6 Å². The van der Waals surface area contributed by atoms with Crippen LogP contribution in [0.4, 0.5) is 13.2 Å². The minimum Gasteiger partial charge on any atom is -0.294 e. The van der Waals surface area contributed by atoms with Crippen LogP contribution in [-0.2, 0) is 10.0 Å². The third-order valence-corrected chi connectivity index (χ3v) is 6.44. The molecule has 1 N–H and O–H groups in total. The fourth-order valence-corrected chi connectivity index (χ4v) is 4.52. The summed E-state index contributed by atoms with van der Waals surface area (Å²) in [5, 5.41) is 15.6. The van der Waals surface area contributed by atoms with Crippen molar-refractivity contribution in [1.29, 1.82) is 5.26 Å². The lowest BCUT2D eigenvalue weighted by Crippen LogP contribution is -2.35. The molecule has 3 aromatic rings. The number of sulfonamides is 1. The number of halogens is 3. The van der Waals surface area contributed by atoms with E-state index in [2.05, 4.69) is 19.9 Å². The molecule has 0 radical (unpaired) electrons. The van der Waals surface area contributed by atoms with Gasteiger partial charge in [0.25, 0.3) is 6.43 Å². The molecular formula is C14H9F3N6O2S2. The highest BCUT2D eigenvalue weighted by Gasteiger charge is 2.47. The van der Waals surface area contributed by atoms with Gasteiger partial charge in [-0.2, -0.15) is 9.98 Å². The highest BCUT2D eigenvalue weighted by Crippen LogP contribution is 2.36. The van der Waals surface area contributed by atoms with Crippen LogP contribution in [-0.4, -0.2) is 33.5 Å². The molecule has 0 amide bonds. The Hall–Kier alpha value is -2.56. The Balaban J connectivity index is 1.81. The number of aromatic nitrogens is 4. The van der Waals surface area contributed by atoms with E-state index < -0.39 is 37.7 Å². The van der Waals surface area contributed by atoms with Crippen LogP contribution in [0.5, 0.6) is 0 Å². The van der Waals surface area contributed by atoms with Crippen LogP contribution < -0.4 is 4.72 Å². The van der Waals surface area contributed by atoms with Gasteiger partial charge in [-0.25, -0.2) is 26.6 Å². The molecule has 4 rings (SSSR count). The van der Waals surface area contributed by atoms with Gasteiger partial charge in [0.05, 0.1) is 12.3 Å². The van der Waals surface area contributed by atoms with E-state index in [9.17, 15) is 21.6 Å². The van der Waals surface area contributed by atoms with Gasteiger partial charge in [-0.15, -0.1) is 10.2 Å². The summed E-state index contributed by atoms with van der Waals surface area (Å²) in [5.74, 6) is -0.926. The quantitative estimate of drug-likeness (QED) is 0.685. The van der Waals surface area contributed by atoms with E-state index in [0.29, 0.717) is 24.2 Å². The molecule has 1 aliphatic carbocycles. The number of nitrogens with zero attached hydrogens (tertiary/aromatic N) is 5. The number of hydrogen-bond donors (Lipinski definition) is 1. The molecule has 3 aromatic heterocycles. The van der Waals surface area contributed by atoms with E-state index in [1.54, 1.807) is 0 Å². The molecule has 13 heteroatoms. The van der Waals surface area contributed by atoms with Crippen LogP contribution >= 0.6 is 11.3 Å². The lowest BCUT2D eigenvalue weighted by molar-refractivity contribution is 0.150. The van der Waals surface area contributed by atoms with Crippen LogP contribution in [0.2, 0.25) is 0 Å². The van der Waals surface area contributed by atoms with Gasteiger partial charge in [0.2, 0.25) is 10.0 Å². The van der Waals surface area contributed by atoms with Gasteiger partial charge in [0, 0.05) is 6.20 Å². The molecule has 27 heavy (non-hydrogen) atoms. The second-order valence-corrected chi connectivity index (χ2v) is 8.60. The standard InChI is InChI=1S/C14H9F3N6O2S2/c15-8-3-7(27(24,25)22-14(6-18)1-2-14)5-23-9(4-19-11(8)23)12-20-21-13(26-12)10(16)17/h3-5,10,22H,1-2H2. The fraction of sp³-hybridized carbons (Fsp3) is 0.286. The molecule has 0 aromatic carbocycles. The van der Waals surface area contributed by atoms with E-state index in [-0.39, 0.29) is 16.3 Å². The zero-order chi connectivity index (χ0) is 19.4. The molecular weight excluding hydrogens is 405 g/mol. The molecule has 8 nitrogen and oxygen atoms in total. The first-order valence-electron chi connectivity index (χ1n) is 7.48. The first kappa shape index (κ1) is 17.8. The van der Waals surface area contributed by atoms with Gasteiger partial charge < -0.3 is 0 Å². The zero-order valence-corrected chi connectivity index (χ0v) is 14.9. The maximum absolute atomic E-state index is 14.4. The second-order valence-electron chi connectivity index (χ2n) is 5.91. The van der Waals surface area contributed by atoms with Crippen molar-refractivity contribution in [3.05, 3.63) is 29.3 Å². The summed E-state index contributed by atoms with van der Waals surface area (Å²) in [7, 11) is -4.18. The minimum absolute atomic E-state index is 0.0374. The third-order valence-electron chi connectivity index (χ3n) is 3.99. The van der Waals surface area contributed by atoms with E-state index in [1.165, 1.54) is 6.20 Å². The van der Waals surface area contributed by atoms with Gasteiger partial charge in [-0.1, -0.05) is 11.3 Å². The highest BCUT2D eigenvalue weighted by molar-refractivity contribution is 7.89. The van der Waals surface area contributed by atoms with Gasteiger partial charge >= 0.3 is 0 Å². The molecule has 0 unspecified atom stereocenters. The molecule has 1 fully saturated rings. The Morgan fingerprint density at radius 2 is 2.11 bits per heavy atom. The summed E-state index contributed by atoms with van der Waals surface area (Å²) >= 11 is 0.593. The maximum atomic E-state index is 14.4. The molecule has 0 atom stereocenters. The Morgan fingerprint density at radius 3 is 2.70 bits per heavy atom. The van der Waals surface area contributed by atoms with Crippen molar-refractivity contribution in [1.82, 2.24) is 24.3 Å². The highest BCUT2D eigenvalue weighted by atomic mass is 32.2. The van der Waals surface area contributed by atoms with E-state index in [4.69, 9.17) is 5.26 Å². The number of alkyl halides is 2. The number of rotatable bonds is 5. The maximum Gasteiger partial charge on any atom is 0.291 e. The zero-order valence-electron chi connectivity index (χ0n) is 13.2. The topological polar surface area (TPSA) is 113 Å². The van der Waals surface area contributed by atoms with Crippen LogP contribution in [0, 0.1) is 17.1 Å². The molecule has 0 saturated heterocycles. The van der Waals surface area contributed by atoms with Crippen molar-refractivity contribution in [2.24, 2.45) is 0 Å². The van der Waals surface area contributed by atoms with Crippen molar-refractivity contribution in [3.8, 4) is 16.8 Å². The molecule has 0 spiro atoms. The Bertz CT molecular complexity index is 1190. The van der Waals surface area contributed by atoms with Gasteiger partial charge in [-0.3, -0.25) is 4.40 Å². The SMILES string of the molecule is N#CC1(NS(=O)(=O)c2cc(F)c3ncc(-c4nnc(C(F)F)s4)n3c2)CC1. The Morgan fingerprint density at radius 1 is 1.37 bits per heavy atom. The summed E-state index contributed by atoms with van der Waals surface area (Å²) in [6.07, 6.45) is 0.207. The number of imidazole rings is 1. The summed E-state index contributed by atoms with van der Waals surface area (Å²) in [6, 6.07) is 2.67. The fourth-order valence-electron chi connectivity index (χ4n) is 2.43. The molecule has 3 heterocycles. The van der Waals surface area contributed by atoms with Crippen molar-refractivity contribution in [3.63, 3.8) is 0 Å². The smallest absolute Gasteiger partial charge is 0.291 e. The van der Waals surface area contributed by atoms with Crippen molar-refractivity contribution in [2.45, 2.75) is 29.7 Å². The Kier molecular flexibility index (Phi) is 3.95. The third kappa shape index (κ3) is 3.05. The monoisotopic (exact) mass is 414 g/mol. The average molecular weight is 414 g/mol. The second kappa shape index (κ2) is 5.98. The Labute approximate surface area is 154 Å². The molecule has 1 saturated carbocycles. The van der Waals surface area contributed by atoms with Crippen LogP contribution in [0.15, 0.2) is 23.4 Å². The van der Waals surface area contributed by atoms with E-state index in [1.807, 2.05) is 6.07 Å². The molecule has 0 bridgehead atoms. The number of nitrogens with one attached hydrogen (secondary N) is 1. The van der Waals surface area contributed by atoms with Crippen LogP contribution in [0.1, 0.15) is 24.3 Å². The normalized spacial score (nSPS) is 16.0. The molecule has 140 valence electrons. The van der Waals surface area contributed by atoms with Crippen molar-refractivity contribution in [2.75, 3.05) is 0 Å². The van der Waals surface area contributed by atoms with E-state index in [0.717, 1.165) is 16.7 Å². The first-order valence-corrected chi connectivity index (χ1v) is 9.78. The number of pyridine rings is 1. The average Bonchev–Trinajstić information content (AvgIpc) is 3.03. The van der Waals surface area contributed by atoms with Gasteiger partial charge in [0.1, 0.15) is 16.1 Å². The number of nitriles is 1. The largest absolute Gasteiger partial charge is 0.294 e. The summed E-state index contributed by atoms with van der Waals surface area (Å²) in [4.78, 5) is 3.42. The molecule has 0 aliphatic heterocycles. The lowest BCUT2D eigenvalue weighted by Gasteiger charge is -2.11. The van der Waals surface area contributed by atoms with Crippen LogP contribution in [0.25, 0.3) is 16.3 Å². The lowest BCUT2D eigenvalue weighted by atomic mass is 10.3. The summed E-state index contributed by atoms with van der Waals surface area (Å²) in [6.45, 7) is 0. The number of fused-ring (bicyclic) bond motifs is 1. The molecule has 1 aliphatic rings. The van der Waals surface area contributed by atoms with Crippen molar-refractivity contribution >= 4 is 27.0 Å². The van der Waals surface area contributed by atoms with Gasteiger partial charge in [0.15, 0.2) is 21.5 Å². The van der Waals surface area contributed by atoms with Crippen LogP contribution in [0.3, 0.4) is 0 Å². The minimum atomic E-state index is -4.18. The van der Waals surface area contributed by atoms with Gasteiger partial charge in [-0.05, 0) is 18.9 Å². The summed E-state index contributed by atoms with van der Waals surface area (Å²) < 4.78 is 68.2. The first-order chi connectivity index (χ1) is 12.7. The predicted molar refractivity (Wildman–Crippen MR) is 86.9 cm³/mol.